The van der Waals surface area contributed by atoms with Gasteiger partial charge in [-0.2, -0.15) is 0 Å². The van der Waals surface area contributed by atoms with E-state index in [-0.39, 0.29) is 0 Å². The van der Waals surface area contributed by atoms with Crippen LogP contribution in [0, 0.1) is 0 Å². The minimum atomic E-state index is 0.829. The minimum absolute atomic E-state index is 0.829. The maximum absolute atomic E-state index is 5.95. The van der Waals surface area contributed by atoms with Crippen molar-refractivity contribution in [3.05, 3.63) is 40.5 Å². The third-order valence-electron chi connectivity index (χ3n) is 3.22. The molecule has 102 valence electrons. The average Bonchev–Trinajstić information content (AvgIpc) is 2.86. The Bertz CT molecular complexity index is 490. The van der Waals surface area contributed by atoms with Gasteiger partial charge in [0.2, 0.25) is 0 Å². The smallest absolute Gasteiger partial charge is 0.0934 e. The highest BCUT2D eigenvalue weighted by Crippen LogP contribution is 2.30. The van der Waals surface area contributed by atoms with Crippen LogP contribution in [0.25, 0.3) is 10.4 Å². The Labute approximate surface area is 124 Å². The zero-order valence-electron chi connectivity index (χ0n) is 11.4. The molecule has 0 amide bonds. The lowest BCUT2D eigenvalue weighted by molar-refractivity contribution is 0.628. The van der Waals surface area contributed by atoms with Crippen molar-refractivity contribution >= 4 is 22.9 Å². The molecule has 19 heavy (non-hydrogen) atoms. The third kappa shape index (κ3) is 4.63. The summed E-state index contributed by atoms with van der Waals surface area (Å²) in [6.07, 6.45) is 9.62. The van der Waals surface area contributed by atoms with Crippen molar-refractivity contribution in [2.45, 2.75) is 45.4 Å². The molecule has 0 aliphatic heterocycles. The van der Waals surface area contributed by atoms with Gasteiger partial charge in [-0.15, -0.1) is 11.3 Å². The molecule has 3 heteroatoms. The monoisotopic (exact) mass is 293 g/mol. The lowest BCUT2D eigenvalue weighted by Gasteiger charge is -2.02. The molecule has 2 heterocycles. The van der Waals surface area contributed by atoms with Crippen molar-refractivity contribution < 1.29 is 0 Å². The number of aryl methyl sites for hydroxylation is 1. The first-order valence-electron chi connectivity index (χ1n) is 7.00. The van der Waals surface area contributed by atoms with Crippen LogP contribution in [0.1, 0.15) is 44.7 Å². The van der Waals surface area contributed by atoms with Crippen LogP contribution in [-0.2, 0) is 6.42 Å². The molecule has 0 N–H and O–H groups in total. The van der Waals surface area contributed by atoms with Gasteiger partial charge in [-0.3, -0.25) is 4.98 Å². The topological polar surface area (TPSA) is 12.9 Å². The number of hydrogen-bond donors (Lipinski definition) is 0. The van der Waals surface area contributed by atoms with E-state index in [0.717, 1.165) is 16.3 Å². The molecule has 0 bridgehead atoms. The van der Waals surface area contributed by atoms with E-state index in [1.165, 1.54) is 42.7 Å². The molecule has 0 saturated carbocycles. The fraction of sp³-hybridized carbons (Fsp3) is 0.438. The molecular formula is C16H20ClNS. The van der Waals surface area contributed by atoms with Gasteiger partial charge in [0.1, 0.15) is 0 Å². The Hall–Kier alpha value is -0.860. The van der Waals surface area contributed by atoms with Crippen LogP contribution < -0.4 is 0 Å². The highest BCUT2D eigenvalue weighted by Gasteiger charge is 2.02. The number of halogens is 1. The van der Waals surface area contributed by atoms with E-state index in [2.05, 4.69) is 30.1 Å². The van der Waals surface area contributed by atoms with Gasteiger partial charge in [0.25, 0.3) is 0 Å². The number of nitrogens with zero attached hydrogens (tertiary/aromatic N) is 1. The van der Waals surface area contributed by atoms with Crippen LogP contribution >= 0.6 is 22.9 Å². The summed E-state index contributed by atoms with van der Waals surface area (Å²) in [6.45, 7) is 2.25. The van der Waals surface area contributed by atoms with Crippen LogP contribution in [0.4, 0.5) is 0 Å². The Kier molecular flexibility index (Phi) is 5.87. The predicted octanol–water partition coefficient (Wildman–Crippen LogP) is 5.98. The molecule has 0 radical (unpaired) electrons. The maximum Gasteiger partial charge on any atom is 0.0934 e. The van der Waals surface area contributed by atoms with E-state index in [0.29, 0.717) is 0 Å². The standard InChI is InChI=1S/C16H20ClNS/c1-2-3-4-5-6-7-14-9-8-13(12-18-14)15-10-11-16(17)19-15/h8-12H,2-7H2,1H3. The Morgan fingerprint density at radius 1 is 1.05 bits per heavy atom. The maximum atomic E-state index is 5.95. The summed E-state index contributed by atoms with van der Waals surface area (Å²) in [5, 5.41) is 0. The summed E-state index contributed by atoms with van der Waals surface area (Å²) in [4.78, 5) is 5.73. The van der Waals surface area contributed by atoms with E-state index in [9.17, 15) is 0 Å². The second-order valence-electron chi connectivity index (χ2n) is 4.81. The summed E-state index contributed by atoms with van der Waals surface area (Å²) in [6, 6.07) is 8.27. The molecule has 0 spiro atoms. The van der Waals surface area contributed by atoms with Crippen molar-refractivity contribution in [1.29, 1.82) is 0 Å². The third-order valence-corrected chi connectivity index (χ3v) is 4.50. The number of pyridine rings is 1. The molecule has 1 nitrogen and oxygen atoms in total. The summed E-state index contributed by atoms with van der Waals surface area (Å²) < 4.78 is 0.829. The van der Waals surface area contributed by atoms with Gasteiger partial charge in [0.05, 0.1) is 4.34 Å². The first-order chi connectivity index (χ1) is 9.29. The van der Waals surface area contributed by atoms with Crippen molar-refractivity contribution in [2.24, 2.45) is 0 Å². The normalized spacial score (nSPS) is 10.8. The van der Waals surface area contributed by atoms with E-state index in [1.54, 1.807) is 11.3 Å². The van der Waals surface area contributed by atoms with Crippen molar-refractivity contribution in [1.82, 2.24) is 4.98 Å². The Balaban J connectivity index is 1.85. The van der Waals surface area contributed by atoms with Crippen LogP contribution in [0.5, 0.6) is 0 Å². The molecule has 2 aromatic heterocycles. The highest BCUT2D eigenvalue weighted by atomic mass is 35.5. The molecule has 0 aliphatic carbocycles. The largest absolute Gasteiger partial charge is 0.261 e. The average molecular weight is 294 g/mol. The number of unbranched alkanes of at least 4 members (excludes halogenated alkanes) is 4. The van der Waals surface area contributed by atoms with Gasteiger partial charge in [-0.1, -0.05) is 50.3 Å². The zero-order chi connectivity index (χ0) is 13.5. The van der Waals surface area contributed by atoms with Crippen molar-refractivity contribution in [3.8, 4) is 10.4 Å². The Morgan fingerprint density at radius 2 is 1.89 bits per heavy atom. The molecule has 2 aromatic rings. The molecule has 0 atom stereocenters. The minimum Gasteiger partial charge on any atom is -0.261 e. The summed E-state index contributed by atoms with van der Waals surface area (Å²) in [5.41, 5.74) is 2.36. The Morgan fingerprint density at radius 3 is 2.53 bits per heavy atom. The highest BCUT2D eigenvalue weighted by molar-refractivity contribution is 7.19. The fourth-order valence-corrected chi connectivity index (χ4v) is 3.13. The van der Waals surface area contributed by atoms with Gasteiger partial charge < -0.3 is 0 Å². The van der Waals surface area contributed by atoms with Gasteiger partial charge in [-0.05, 0) is 31.0 Å². The SMILES string of the molecule is CCCCCCCc1ccc(-c2ccc(Cl)s2)cn1. The van der Waals surface area contributed by atoms with Crippen molar-refractivity contribution in [3.63, 3.8) is 0 Å². The number of thiophene rings is 1. The van der Waals surface area contributed by atoms with E-state index in [4.69, 9.17) is 11.6 Å². The lowest BCUT2D eigenvalue weighted by atomic mass is 10.1. The number of hydrogen-bond acceptors (Lipinski definition) is 2. The lowest BCUT2D eigenvalue weighted by Crippen LogP contribution is -1.90. The van der Waals surface area contributed by atoms with Crippen LogP contribution in [0.3, 0.4) is 0 Å². The molecular weight excluding hydrogens is 274 g/mol. The number of rotatable bonds is 7. The van der Waals surface area contributed by atoms with Crippen molar-refractivity contribution in [2.75, 3.05) is 0 Å². The molecule has 0 aromatic carbocycles. The zero-order valence-corrected chi connectivity index (χ0v) is 12.9. The van der Waals surface area contributed by atoms with E-state index < -0.39 is 0 Å². The first kappa shape index (κ1) is 14.5. The van der Waals surface area contributed by atoms with E-state index >= 15 is 0 Å². The molecule has 0 unspecified atom stereocenters. The quantitative estimate of drug-likeness (QED) is 0.573. The van der Waals surface area contributed by atoms with E-state index in [1.807, 2.05) is 12.3 Å². The summed E-state index contributed by atoms with van der Waals surface area (Å²) in [7, 11) is 0. The van der Waals surface area contributed by atoms with Gasteiger partial charge in [0.15, 0.2) is 0 Å². The van der Waals surface area contributed by atoms with Crippen LogP contribution in [0.2, 0.25) is 4.34 Å². The number of aromatic nitrogens is 1. The molecule has 2 rings (SSSR count). The fourth-order valence-electron chi connectivity index (χ4n) is 2.10. The summed E-state index contributed by atoms with van der Waals surface area (Å²) in [5.74, 6) is 0. The molecule has 0 saturated heterocycles. The van der Waals surface area contributed by atoms with Crippen LogP contribution in [0.15, 0.2) is 30.5 Å². The second-order valence-corrected chi connectivity index (χ2v) is 6.52. The predicted molar refractivity (Wildman–Crippen MR) is 85.0 cm³/mol. The van der Waals surface area contributed by atoms with Gasteiger partial charge in [0, 0.05) is 22.3 Å². The molecule has 0 fully saturated rings. The summed E-state index contributed by atoms with van der Waals surface area (Å²) >= 11 is 7.55. The second kappa shape index (κ2) is 7.66. The van der Waals surface area contributed by atoms with Gasteiger partial charge >= 0.3 is 0 Å². The van der Waals surface area contributed by atoms with Crippen LogP contribution in [-0.4, -0.2) is 4.98 Å². The molecule has 0 aliphatic rings. The van der Waals surface area contributed by atoms with Gasteiger partial charge in [-0.25, -0.2) is 0 Å². The first-order valence-corrected chi connectivity index (χ1v) is 8.19.